The molecule has 4 rings (SSSR count). The summed E-state index contributed by atoms with van der Waals surface area (Å²) in [6.45, 7) is 0. The minimum Gasteiger partial charge on any atom is -0.457 e. The fourth-order valence-electron chi connectivity index (χ4n) is 2.67. The zero-order valence-electron chi connectivity index (χ0n) is 14.5. The van der Waals surface area contributed by atoms with Gasteiger partial charge in [0.05, 0.1) is 5.69 Å². The number of hydrogen-bond acceptors (Lipinski definition) is 2. The average Bonchev–Trinajstić information content (AvgIpc) is 3.17. The molecule has 0 unspecified atom stereocenters. The fourth-order valence-corrected chi connectivity index (χ4v) is 2.85. The van der Waals surface area contributed by atoms with Crippen molar-refractivity contribution in [2.75, 3.05) is 0 Å². The van der Waals surface area contributed by atoms with Crippen molar-refractivity contribution in [3.8, 4) is 17.2 Å². The molecule has 27 heavy (non-hydrogen) atoms. The van der Waals surface area contributed by atoms with Crippen LogP contribution >= 0.6 is 11.6 Å². The lowest BCUT2D eigenvalue weighted by Gasteiger charge is -2.05. The Hall–Kier alpha value is -3.30. The van der Waals surface area contributed by atoms with Gasteiger partial charge >= 0.3 is 0 Å². The van der Waals surface area contributed by atoms with E-state index in [4.69, 9.17) is 16.3 Å². The first-order chi connectivity index (χ1) is 13.3. The molecular weight excluding hydrogens is 356 g/mol. The van der Waals surface area contributed by atoms with Gasteiger partial charge in [-0.1, -0.05) is 35.9 Å². The van der Waals surface area contributed by atoms with Crippen LogP contribution in [0.5, 0.6) is 11.5 Å². The molecule has 3 aromatic carbocycles. The van der Waals surface area contributed by atoms with Crippen LogP contribution in [-0.4, -0.2) is 10.8 Å². The molecular formula is C23H17ClN2O. The van der Waals surface area contributed by atoms with Gasteiger partial charge in [0.15, 0.2) is 0 Å². The number of aromatic nitrogens is 1. The number of para-hydroxylation sites is 1. The van der Waals surface area contributed by atoms with Crippen molar-refractivity contribution in [1.82, 2.24) is 4.57 Å². The van der Waals surface area contributed by atoms with E-state index in [0.29, 0.717) is 10.8 Å². The summed E-state index contributed by atoms with van der Waals surface area (Å²) in [5.41, 5.74) is 3.03. The van der Waals surface area contributed by atoms with Crippen molar-refractivity contribution in [3.63, 3.8) is 0 Å². The predicted octanol–water partition coefficient (Wildman–Crippen LogP) is 6.67. The van der Waals surface area contributed by atoms with Gasteiger partial charge in [0, 0.05) is 34.9 Å². The van der Waals surface area contributed by atoms with Crippen molar-refractivity contribution in [3.05, 3.63) is 108 Å². The highest BCUT2D eigenvalue weighted by atomic mass is 35.5. The Balaban J connectivity index is 1.43. The Morgan fingerprint density at radius 2 is 1.63 bits per heavy atom. The minimum absolute atomic E-state index is 0.649. The van der Waals surface area contributed by atoms with E-state index in [-0.39, 0.29) is 0 Å². The molecule has 1 aromatic heterocycles. The van der Waals surface area contributed by atoms with E-state index in [9.17, 15) is 0 Å². The van der Waals surface area contributed by atoms with Crippen molar-refractivity contribution < 1.29 is 4.74 Å². The first kappa shape index (κ1) is 17.1. The second-order valence-electron chi connectivity index (χ2n) is 6.00. The van der Waals surface area contributed by atoms with Gasteiger partial charge in [-0.15, -0.1) is 0 Å². The summed E-state index contributed by atoms with van der Waals surface area (Å²) in [4.78, 5) is 4.53. The molecule has 0 atom stereocenters. The quantitative estimate of drug-likeness (QED) is 0.359. The zero-order valence-corrected chi connectivity index (χ0v) is 15.3. The molecule has 0 spiro atoms. The van der Waals surface area contributed by atoms with Gasteiger partial charge < -0.3 is 9.30 Å². The molecule has 0 N–H and O–H groups in total. The highest BCUT2D eigenvalue weighted by molar-refractivity contribution is 6.30. The lowest BCUT2D eigenvalue weighted by Crippen LogP contribution is -1.88. The second-order valence-corrected chi connectivity index (χ2v) is 6.44. The second kappa shape index (κ2) is 7.94. The highest BCUT2D eigenvalue weighted by Crippen LogP contribution is 2.26. The number of halogens is 1. The third-order valence-electron chi connectivity index (χ3n) is 4.00. The summed E-state index contributed by atoms with van der Waals surface area (Å²) in [7, 11) is 0. The average molecular weight is 373 g/mol. The minimum atomic E-state index is 0.649. The largest absolute Gasteiger partial charge is 0.457 e. The molecule has 0 aliphatic rings. The summed E-state index contributed by atoms with van der Waals surface area (Å²) in [6.07, 6.45) is 5.93. The molecule has 0 bridgehead atoms. The van der Waals surface area contributed by atoms with Crippen LogP contribution in [0.15, 0.2) is 102 Å². The summed E-state index contributed by atoms with van der Waals surface area (Å²) < 4.78 is 7.86. The summed E-state index contributed by atoms with van der Waals surface area (Å²) in [5, 5.41) is 0.649. The molecule has 0 amide bonds. The van der Waals surface area contributed by atoms with E-state index in [2.05, 4.69) is 27.9 Å². The number of hydrogen-bond donors (Lipinski definition) is 0. The molecule has 4 heteroatoms. The van der Waals surface area contributed by atoms with E-state index in [0.717, 1.165) is 22.7 Å². The van der Waals surface area contributed by atoms with E-state index in [1.807, 2.05) is 79.1 Å². The number of ether oxygens (including phenoxy) is 1. The summed E-state index contributed by atoms with van der Waals surface area (Å²) >= 11 is 5.98. The standard InChI is InChI=1S/C23H17ClN2O/c24-19-5-4-8-23(15-19)27-22-11-9-20(10-12-22)25-16-18-13-14-26(17-18)21-6-2-1-3-7-21/h1-17H. The van der Waals surface area contributed by atoms with Crippen LogP contribution in [0.25, 0.3) is 5.69 Å². The van der Waals surface area contributed by atoms with Crippen molar-refractivity contribution in [2.45, 2.75) is 0 Å². The number of benzene rings is 3. The fraction of sp³-hybridized carbons (Fsp3) is 0. The van der Waals surface area contributed by atoms with Gasteiger partial charge in [-0.25, -0.2) is 0 Å². The maximum absolute atomic E-state index is 5.98. The number of rotatable bonds is 5. The zero-order chi connectivity index (χ0) is 18.5. The van der Waals surface area contributed by atoms with E-state index in [1.54, 1.807) is 6.07 Å². The smallest absolute Gasteiger partial charge is 0.128 e. The molecule has 3 nitrogen and oxygen atoms in total. The lowest BCUT2D eigenvalue weighted by atomic mass is 10.3. The van der Waals surface area contributed by atoms with Crippen molar-refractivity contribution >= 4 is 23.5 Å². The third kappa shape index (κ3) is 4.46. The molecule has 0 aliphatic heterocycles. The van der Waals surface area contributed by atoms with Gasteiger partial charge in [0.2, 0.25) is 0 Å². The van der Waals surface area contributed by atoms with Crippen LogP contribution in [0.4, 0.5) is 5.69 Å². The molecule has 4 aromatic rings. The molecule has 0 aliphatic carbocycles. The Kier molecular flexibility index (Phi) is 5.04. The van der Waals surface area contributed by atoms with Crippen molar-refractivity contribution in [1.29, 1.82) is 0 Å². The number of aliphatic imine (C=N–C) groups is 1. The first-order valence-corrected chi connectivity index (χ1v) is 8.95. The maximum Gasteiger partial charge on any atom is 0.128 e. The van der Waals surface area contributed by atoms with Gasteiger partial charge in [-0.2, -0.15) is 0 Å². The molecule has 0 fully saturated rings. The van der Waals surface area contributed by atoms with Crippen LogP contribution in [0.2, 0.25) is 5.02 Å². The van der Waals surface area contributed by atoms with Gasteiger partial charge in [0.1, 0.15) is 11.5 Å². The third-order valence-corrected chi connectivity index (χ3v) is 4.24. The molecule has 0 saturated heterocycles. The number of nitrogens with zero attached hydrogens (tertiary/aromatic N) is 2. The molecule has 1 heterocycles. The van der Waals surface area contributed by atoms with Crippen LogP contribution < -0.4 is 4.74 Å². The van der Waals surface area contributed by atoms with E-state index < -0.39 is 0 Å². The molecule has 0 radical (unpaired) electrons. The van der Waals surface area contributed by atoms with Crippen LogP contribution in [-0.2, 0) is 0 Å². The van der Waals surface area contributed by atoms with Crippen LogP contribution in [0, 0.1) is 0 Å². The summed E-state index contributed by atoms with van der Waals surface area (Å²) in [5.74, 6) is 1.45. The van der Waals surface area contributed by atoms with E-state index in [1.165, 1.54) is 0 Å². The maximum atomic E-state index is 5.98. The van der Waals surface area contributed by atoms with Crippen LogP contribution in [0.3, 0.4) is 0 Å². The summed E-state index contributed by atoms with van der Waals surface area (Å²) in [6, 6.07) is 27.2. The Bertz CT molecular complexity index is 1050. The predicted molar refractivity (Wildman–Crippen MR) is 111 cm³/mol. The van der Waals surface area contributed by atoms with Gasteiger partial charge in [-0.3, -0.25) is 4.99 Å². The topological polar surface area (TPSA) is 26.5 Å². The molecule has 132 valence electrons. The Morgan fingerprint density at radius 3 is 2.41 bits per heavy atom. The van der Waals surface area contributed by atoms with E-state index >= 15 is 0 Å². The normalized spacial score (nSPS) is 11.0. The lowest BCUT2D eigenvalue weighted by molar-refractivity contribution is 0.483. The SMILES string of the molecule is Clc1cccc(Oc2ccc(N=Cc3ccn(-c4ccccc4)c3)cc2)c1. The highest BCUT2D eigenvalue weighted by Gasteiger charge is 1.99. The molecule has 0 saturated carbocycles. The monoisotopic (exact) mass is 372 g/mol. The Morgan fingerprint density at radius 1 is 0.815 bits per heavy atom. The van der Waals surface area contributed by atoms with Gasteiger partial charge in [0.25, 0.3) is 0 Å². The first-order valence-electron chi connectivity index (χ1n) is 8.57. The Labute approximate surface area is 163 Å². The van der Waals surface area contributed by atoms with Gasteiger partial charge in [-0.05, 0) is 60.7 Å². The van der Waals surface area contributed by atoms with Crippen molar-refractivity contribution in [2.24, 2.45) is 4.99 Å². The van der Waals surface area contributed by atoms with Crippen LogP contribution in [0.1, 0.15) is 5.56 Å².